The molecule has 1 aromatic carbocycles. The number of fused-ring (bicyclic) bond motifs is 1. The molecule has 0 aliphatic heterocycles. The second kappa shape index (κ2) is 5.49. The van der Waals surface area contributed by atoms with Gasteiger partial charge >= 0.3 is 0 Å². The van der Waals surface area contributed by atoms with Gasteiger partial charge in [0.1, 0.15) is 11.4 Å². The molecule has 0 bridgehead atoms. The van der Waals surface area contributed by atoms with Crippen LogP contribution in [0.3, 0.4) is 0 Å². The Kier molecular flexibility index (Phi) is 3.53. The van der Waals surface area contributed by atoms with Crippen molar-refractivity contribution >= 4 is 28.1 Å². The monoisotopic (exact) mass is 302 g/mol. The van der Waals surface area contributed by atoms with Crippen molar-refractivity contribution in [2.75, 3.05) is 0 Å². The average molecular weight is 302 g/mol. The first-order valence-corrected chi connectivity index (χ1v) is 7.14. The minimum Gasteiger partial charge on any atom is -0.360 e. The summed E-state index contributed by atoms with van der Waals surface area (Å²) < 4.78 is 13.2. The quantitative estimate of drug-likeness (QED) is 0.781. The van der Waals surface area contributed by atoms with Gasteiger partial charge in [0, 0.05) is 22.0 Å². The minimum atomic E-state index is -0.510. The maximum atomic E-state index is 13.2. The van der Waals surface area contributed by atoms with Gasteiger partial charge in [-0.3, -0.25) is 9.59 Å². The first-order chi connectivity index (χ1) is 10.1. The smallest absolute Gasteiger partial charge is 0.257 e. The zero-order valence-electron chi connectivity index (χ0n) is 10.9. The molecule has 21 heavy (non-hydrogen) atoms. The number of amides is 1. The van der Waals surface area contributed by atoms with E-state index >= 15 is 0 Å². The number of pyridine rings is 1. The Morgan fingerprint density at radius 1 is 1.33 bits per heavy atom. The molecule has 1 amide bonds. The third-order valence-corrected chi connectivity index (χ3v) is 3.97. The first-order valence-electron chi connectivity index (χ1n) is 6.26. The van der Waals surface area contributed by atoms with E-state index in [4.69, 9.17) is 0 Å². The summed E-state index contributed by atoms with van der Waals surface area (Å²) in [6, 6.07) is 7.64. The molecule has 0 spiro atoms. The largest absolute Gasteiger partial charge is 0.360 e. The lowest BCUT2D eigenvalue weighted by molar-refractivity contribution is 0.0950. The van der Waals surface area contributed by atoms with Crippen LogP contribution in [0.4, 0.5) is 4.39 Å². The number of carbonyl (C=O) groups excluding carboxylic acids is 1. The van der Waals surface area contributed by atoms with E-state index in [1.165, 1.54) is 29.7 Å². The molecule has 0 unspecified atom stereocenters. The van der Waals surface area contributed by atoms with Crippen LogP contribution >= 0.6 is 11.3 Å². The summed E-state index contributed by atoms with van der Waals surface area (Å²) >= 11 is 1.52. The van der Waals surface area contributed by atoms with Crippen LogP contribution in [0.1, 0.15) is 15.2 Å². The second-order valence-electron chi connectivity index (χ2n) is 4.48. The van der Waals surface area contributed by atoms with E-state index in [-0.39, 0.29) is 10.9 Å². The number of nitrogens with one attached hydrogen (secondary N) is 2. The molecule has 4 nitrogen and oxygen atoms in total. The maximum Gasteiger partial charge on any atom is 0.257 e. The van der Waals surface area contributed by atoms with Crippen LogP contribution in [0.2, 0.25) is 0 Å². The second-order valence-corrected chi connectivity index (χ2v) is 5.52. The van der Waals surface area contributed by atoms with Crippen molar-refractivity contribution < 1.29 is 9.18 Å². The third kappa shape index (κ3) is 2.71. The first kappa shape index (κ1) is 13.5. The molecule has 106 valence electrons. The van der Waals surface area contributed by atoms with Gasteiger partial charge in [-0.2, -0.15) is 0 Å². The number of carbonyl (C=O) groups is 1. The molecule has 0 saturated carbocycles. The summed E-state index contributed by atoms with van der Waals surface area (Å²) in [5.74, 6) is -0.986. The van der Waals surface area contributed by atoms with Gasteiger partial charge in [0.25, 0.3) is 5.91 Å². The van der Waals surface area contributed by atoms with Crippen LogP contribution in [0.15, 0.2) is 46.7 Å². The van der Waals surface area contributed by atoms with Crippen LogP contribution in [0.5, 0.6) is 0 Å². The van der Waals surface area contributed by atoms with E-state index in [9.17, 15) is 14.0 Å². The SMILES string of the molecule is O=C(NCc1cccs1)c1c[nH]c2ccc(F)cc2c1=O. The van der Waals surface area contributed by atoms with Crippen LogP contribution < -0.4 is 10.7 Å². The Hall–Kier alpha value is -2.47. The van der Waals surface area contributed by atoms with Crippen LogP contribution in [0.25, 0.3) is 10.9 Å². The number of benzene rings is 1. The van der Waals surface area contributed by atoms with E-state index in [1.807, 2.05) is 17.5 Å². The standard InChI is InChI=1S/C15H11FN2O2S/c16-9-3-4-13-11(6-9)14(19)12(8-17-13)15(20)18-7-10-2-1-5-21-10/h1-6,8H,7H2,(H,17,19)(H,18,20). The summed E-state index contributed by atoms with van der Waals surface area (Å²) in [6.45, 7) is 0.358. The molecule has 0 aliphatic carbocycles. The number of rotatable bonds is 3. The summed E-state index contributed by atoms with van der Waals surface area (Å²) in [6.07, 6.45) is 1.35. The van der Waals surface area contributed by atoms with E-state index in [0.717, 1.165) is 10.9 Å². The summed E-state index contributed by atoms with van der Waals surface area (Å²) in [5.41, 5.74) is -0.00667. The molecule has 0 radical (unpaired) electrons. The zero-order valence-corrected chi connectivity index (χ0v) is 11.7. The average Bonchev–Trinajstić information content (AvgIpc) is 2.99. The highest BCUT2D eigenvalue weighted by Crippen LogP contribution is 2.11. The van der Waals surface area contributed by atoms with Crippen LogP contribution in [-0.4, -0.2) is 10.9 Å². The number of halogens is 1. The molecule has 3 aromatic rings. The van der Waals surface area contributed by atoms with Gasteiger partial charge in [0.15, 0.2) is 0 Å². The van der Waals surface area contributed by atoms with Gasteiger partial charge in [-0.1, -0.05) is 6.07 Å². The van der Waals surface area contributed by atoms with Gasteiger partial charge in [0.05, 0.1) is 6.54 Å². The van der Waals surface area contributed by atoms with E-state index in [0.29, 0.717) is 12.1 Å². The van der Waals surface area contributed by atoms with Gasteiger partial charge in [-0.25, -0.2) is 4.39 Å². The van der Waals surface area contributed by atoms with Crippen molar-refractivity contribution in [3.8, 4) is 0 Å². The summed E-state index contributed by atoms with van der Waals surface area (Å²) in [4.78, 5) is 28.1. The highest BCUT2D eigenvalue weighted by molar-refractivity contribution is 7.09. The Bertz CT molecular complexity index is 856. The fraction of sp³-hybridized carbons (Fsp3) is 0.0667. The molecule has 2 heterocycles. The molecule has 0 atom stereocenters. The molecule has 0 fully saturated rings. The predicted octanol–water partition coefficient (Wildman–Crippen LogP) is 2.66. The van der Waals surface area contributed by atoms with E-state index in [2.05, 4.69) is 10.3 Å². The van der Waals surface area contributed by atoms with Crippen LogP contribution in [-0.2, 0) is 6.54 Å². The number of aromatic nitrogens is 1. The predicted molar refractivity (Wildman–Crippen MR) is 80.0 cm³/mol. The lowest BCUT2D eigenvalue weighted by Crippen LogP contribution is -2.28. The molecule has 6 heteroatoms. The Labute approximate surface area is 123 Å². The summed E-state index contributed by atoms with van der Waals surface area (Å²) in [7, 11) is 0. The van der Waals surface area contributed by atoms with Gasteiger partial charge in [-0.05, 0) is 29.6 Å². The summed E-state index contributed by atoms with van der Waals surface area (Å²) in [5, 5.41) is 4.75. The molecular formula is C15H11FN2O2S. The maximum absolute atomic E-state index is 13.2. The van der Waals surface area contributed by atoms with Gasteiger partial charge in [0.2, 0.25) is 5.43 Å². The Balaban J connectivity index is 1.91. The van der Waals surface area contributed by atoms with Crippen molar-refractivity contribution in [3.05, 3.63) is 68.4 Å². The molecule has 2 aromatic heterocycles. The fourth-order valence-electron chi connectivity index (χ4n) is 2.04. The van der Waals surface area contributed by atoms with Crippen molar-refractivity contribution in [1.29, 1.82) is 0 Å². The number of aromatic amines is 1. The number of thiophene rings is 1. The highest BCUT2D eigenvalue weighted by atomic mass is 32.1. The minimum absolute atomic E-state index is 0.0235. The Morgan fingerprint density at radius 3 is 2.95 bits per heavy atom. The molecule has 0 saturated heterocycles. The van der Waals surface area contributed by atoms with Crippen molar-refractivity contribution in [1.82, 2.24) is 10.3 Å². The molecule has 3 rings (SSSR count). The van der Waals surface area contributed by atoms with Crippen molar-refractivity contribution in [3.63, 3.8) is 0 Å². The van der Waals surface area contributed by atoms with Crippen molar-refractivity contribution in [2.24, 2.45) is 0 Å². The highest BCUT2D eigenvalue weighted by Gasteiger charge is 2.13. The number of H-pyrrole nitrogens is 1. The Morgan fingerprint density at radius 2 is 2.19 bits per heavy atom. The topological polar surface area (TPSA) is 62.0 Å². The molecular weight excluding hydrogens is 291 g/mol. The lowest BCUT2D eigenvalue weighted by Gasteiger charge is -2.05. The normalized spacial score (nSPS) is 10.7. The zero-order chi connectivity index (χ0) is 14.8. The number of hydrogen-bond acceptors (Lipinski definition) is 3. The van der Waals surface area contributed by atoms with Crippen LogP contribution in [0, 0.1) is 5.82 Å². The molecule has 0 aliphatic rings. The van der Waals surface area contributed by atoms with Crippen molar-refractivity contribution in [2.45, 2.75) is 6.54 Å². The third-order valence-electron chi connectivity index (χ3n) is 3.09. The van der Waals surface area contributed by atoms with E-state index in [1.54, 1.807) is 0 Å². The number of hydrogen-bond donors (Lipinski definition) is 2. The fourth-order valence-corrected chi connectivity index (χ4v) is 2.68. The van der Waals surface area contributed by atoms with E-state index < -0.39 is 17.2 Å². The lowest BCUT2D eigenvalue weighted by atomic mass is 10.1. The molecule has 2 N–H and O–H groups in total. The van der Waals surface area contributed by atoms with Gasteiger partial charge < -0.3 is 10.3 Å². The van der Waals surface area contributed by atoms with Gasteiger partial charge in [-0.15, -0.1) is 11.3 Å².